The number of nitrogens with zero attached hydrogens (tertiary/aromatic N) is 3. The standard InChI is InChI=1S/C14H17FN4O/c15-11-6-2-1-5-10(11)12(16)9-19-14(20)18-8-4-3-7-13(18)17-19/h1-2,5-6,12H,3-4,7-9,16H2. The molecule has 6 heteroatoms. The van der Waals surface area contributed by atoms with Gasteiger partial charge in [-0.05, 0) is 18.9 Å². The van der Waals surface area contributed by atoms with Gasteiger partial charge < -0.3 is 5.73 Å². The van der Waals surface area contributed by atoms with Crippen molar-refractivity contribution < 1.29 is 4.39 Å². The zero-order valence-corrected chi connectivity index (χ0v) is 11.1. The van der Waals surface area contributed by atoms with Crippen LogP contribution in [0.1, 0.15) is 30.3 Å². The maximum absolute atomic E-state index is 13.7. The third-order valence-corrected chi connectivity index (χ3v) is 3.71. The number of hydrogen-bond acceptors (Lipinski definition) is 3. The second-order valence-electron chi connectivity index (χ2n) is 5.12. The van der Waals surface area contributed by atoms with Gasteiger partial charge in [0.25, 0.3) is 0 Å². The Bertz CT molecular complexity index is 676. The summed E-state index contributed by atoms with van der Waals surface area (Å²) in [5.74, 6) is 0.457. The highest BCUT2D eigenvalue weighted by Gasteiger charge is 2.19. The van der Waals surface area contributed by atoms with Crippen molar-refractivity contribution >= 4 is 0 Å². The van der Waals surface area contributed by atoms with Crippen LogP contribution in [0, 0.1) is 5.82 Å². The summed E-state index contributed by atoms with van der Waals surface area (Å²) in [6, 6.07) is 5.79. The molecule has 1 aliphatic rings. The van der Waals surface area contributed by atoms with Gasteiger partial charge in [-0.25, -0.2) is 13.9 Å². The summed E-state index contributed by atoms with van der Waals surface area (Å²) in [5, 5.41) is 4.31. The molecule has 0 spiro atoms. The Morgan fingerprint density at radius 2 is 2.15 bits per heavy atom. The van der Waals surface area contributed by atoms with Crippen molar-refractivity contribution in [2.75, 3.05) is 0 Å². The van der Waals surface area contributed by atoms with Gasteiger partial charge in [0.2, 0.25) is 0 Å². The summed E-state index contributed by atoms with van der Waals surface area (Å²) in [6.45, 7) is 0.906. The van der Waals surface area contributed by atoms with Gasteiger partial charge in [-0.15, -0.1) is 0 Å². The zero-order valence-electron chi connectivity index (χ0n) is 11.1. The molecule has 1 aliphatic heterocycles. The molecular weight excluding hydrogens is 259 g/mol. The fourth-order valence-electron chi connectivity index (χ4n) is 2.63. The van der Waals surface area contributed by atoms with Gasteiger partial charge in [-0.2, -0.15) is 5.10 Å². The van der Waals surface area contributed by atoms with E-state index in [1.165, 1.54) is 10.7 Å². The molecule has 106 valence electrons. The molecule has 0 radical (unpaired) electrons. The lowest BCUT2D eigenvalue weighted by molar-refractivity contribution is 0.483. The van der Waals surface area contributed by atoms with Crippen molar-refractivity contribution in [1.82, 2.24) is 14.3 Å². The Morgan fingerprint density at radius 3 is 2.90 bits per heavy atom. The molecule has 1 aromatic carbocycles. The van der Waals surface area contributed by atoms with Crippen LogP contribution in [0.15, 0.2) is 29.1 Å². The lowest BCUT2D eigenvalue weighted by atomic mass is 10.1. The number of aromatic nitrogens is 3. The maximum Gasteiger partial charge on any atom is 0.345 e. The van der Waals surface area contributed by atoms with E-state index < -0.39 is 6.04 Å². The van der Waals surface area contributed by atoms with E-state index in [0.717, 1.165) is 25.1 Å². The number of fused-ring (bicyclic) bond motifs is 1. The molecule has 3 rings (SSSR count). The van der Waals surface area contributed by atoms with Crippen molar-refractivity contribution in [2.24, 2.45) is 5.73 Å². The van der Waals surface area contributed by atoms with Gasteiger partial charge in [0.05, 0.1) is 12.6 Å². The lowest BCUT2D eigenvalue weighted by Gasteiger charge is -2.12. The molecule has 1 unspecified atom stereocenters. The molecule has 2 N–H and O–H groups in total. The molecule has 0 amide bonds. The molecule has 0 aliphatic carbocycles. The molecule has 1 aromatic heterocycles. The lowest BCUT2D eigenvalue weighted by Crippen LogP contribution is -2.30. The molecule has 20 heavy (non-hydrogen) atoms. The highest BCUT2D eigenvalue weighted by molar-refractivity contribution is 5.20. The van der Waals surface area contributed by atoms with Crippen molar-refractivity contribution in [3.8, 4) is 0 Å². The van der Waals surface area contributed by atoms with Crippen LogP contribution in [-0.4, -0.2) is 14.3 Å². The van der Waals surface area contributed by atoms with E-state index in [4.69, 9.17) is 5.73 Å². The smallest absolute Gasteiger partial charge is 0.322 e. The largest absolute Gasteiger partial charge is 0.345 e. The normalized spacial score (nSPS) is 15.9. The second-order valence-corrected chi connectivity index (χ2v) is 5.12. The fourth-order valence-corrected chi connectivity index (χ4v) is 2.63. The van der Waals surface area contributed by atoms with Crippen LogP contribution in [0.5, 0.6) is 0 Å². The second kappa shape index (κ2) is 5.20. The minimum Gasteiger partial charge on any atom is -0.322 e. The predicted molar refractivity (Wildman–Crippen MR) is 72.8 cm³/mol. The first-order chi connectivity index (χ1) is 9.66. The van der Waals surface area contributed by atoms with E-state index in [9.17, 15) is 9.18 Å². The molecule has 0 saturated heterocycles. The number of hydrogen-bond donors (Lipinski definition) is 1. The van der Waals surface area contributed by atoms with E-state index in [2.05, 4.69) is 5.10 Å². The molecule has 0 saturated carbocycles. The maximum atomic E-state index is 13.7. The molecule has 2 heterocycles. The Labute approximate surface area is 115 Å². The Morgan fingerprint density at radius 1 is 1.35 bits per heavy atom. The summed E-state index contributed by atoms with van der Waals surface area (Å²) in [5.41, 5.74) is 6.27. The highest BCUT2D eigenvalue weighted by Crippen LogP contribution is 2.16. The molecule has 2 aromatic rings. The predicted octanol–water partition coefficient (Wildman–Crippen LogP) is 1.22. The van der Waals surface area contributed by atoms with Crippen LogP contribution in [0.4, 0.5) is 4.39 Å². The van der Waals surface area contributed by atoms with Crippen LogP contribution in [0.3, 0.4) is 0 Å². The van der Waals surface area contributed by atoms with E-state index in [1.807, 2.05) is 0 Å². The van der Waals surface area contributed by atoms with Crippen molar-refractivity contribution in [3.63, 3.8) is 0 Å². The van der Waals surface area contributed by atoms with Crippen LogP contribution < -0.4 is 11.4 Å². The van der Waals surface area contributed by atoms with Crippen molar-refractivity contribution in [2.45, 2.75) is 38.4 Å². The summed E-state index contributed by atoms with van der Waals surface area (Å²) < 4.78 is 16.7. The van der Waals surface area contributed by atoms with Gasteiger partial charge in [-0.1, -0.05) is 18.2 Å². The number of benzene rings is 1. The number of halogens is 1. The number of rotatable bonds is 3. The van der Waals surface area contributed by atoms with E-state index in [1.54, 1.807) is 22.8 Å². The monoisotopic (exact) mass is 276 g/mol. The summed E-state index contributed by atoms with van der Waals surface area (Å²) in [6.07, 6.45) is 2.87. The fraction of sp³-hybridized carbons (Fsp3) is 0.429. The van der Waals surface area contributed by atoms with Crippen molar-refractivity contribution in [3.05, 3.63) is 52.0 Å². The first kappa shape index (κ1) is 13.1. The SMILES string of the molecule is NC(Cn1nc2n(c1=O)CCCC2)c1ccccc1F. The average molecular weight is 276 g/mol. The van der Waals surface area contributed by atoms with Gasteiger partial charge >= 0.3 is 5.69 Å². The Hall–Kier alpha value is -1.95. The average Bonchev–Trinajstić information content (AvgIpc) is 2.76. The van der Waals surface area contributed by atoms with E-state index >= 15 is 0 Å². The molecule has 1 atom stereocenters. The minimum atomic E-state index is -0.578. The topological polar surface area (TPSA) is 65.8 Å². The van der Waals surface area contributed by atoms with E-state index in [-0.39, 0.29) is 18.1 Å². The molecule has 5 nitrogen and oxygen atoms in total. The number of aryl methyl sites for hydroxylation is 1. The third kappa shape index (κ3) is 2.27. The molecule has 0 bridgehead atoms. The van der Waals surface area contributed by atoms with Crippen LogP contribution in [0.25, 0.3) is 0 Å². The Kier molecular flexibility index (Phi) is 3.40. The van der Waals surface area contributed by atoms with Gasteiger partial charge in [0.1, 0.15) is 11.6 Å². The third-order valence-electron chi connectivity index (χ3n) is 3.71. The van der Waals surface area contributed by atoms with Gasteiger partial charge in [0.15, 0.2) is 0 Å². The van der Waals surface area contributed by atoms with Crippen LogP contribution in [0.2, 0.25) is 0 Å². The Balaban J connectivity index is 1.87. The first-order valence-electron chi connectivity index (χ1n) is 6.83. The van der Waals surface area contributed by atoms with Gasteiger partial charge in [0, 0.05) is 18.5 Å². The van der Waals surface area contributed by atoms with Crippen LogP contribution >= 0.6 is 0 Å². The summed E-state index contributed by atoms with van der Waals surface area (Å²) >= 11 is 0. The van der Waals surface area contributed by atoms with Crippen molar-refractivity contribution in [1.29, 1.82) is 0 Å². The summed E-state index contributed by atoms with van der Waals surface area (Å²) in [4.78, 5) is 12.2. The molecule has 0 fully saturated rings. The highest BCUT2D eigenvalue weighted by atomic mass is 19.1. The van der Waals surface area contributed by atoms with Crippen LogP contribution in [-0.2, 0) is 19.5 Å². The van der Waals surface area contributed by atoms with Gasteiger partial charge in [-0.3, -0.25) is 4.57 Å². The van der Waals surface area contributed by atoms with E-state index in [0.29, 0.717) is 12.1 Å². The summed E-state index contributed by atoms with van der Waals surface area (Å²) in [7, 11) is 0. The first-order valence-corrected chi connectivity index (χ1v) is 6.83. The zero-order chi connectivity index (χ0) is 14.1. The number of nitrogens with two attached hydrogens (primary N) is 1. The minimum absolute atomic E-state index is 0.147. The quantitative estimate of drug-likeness (QED) is 0.916. The molecular formula is C14H17FN4O.